The van der Waals surface area contributed by atoms with Crippen molar-refractivity contribution < 1.29 is 4.79 Å². The monoisotopic (exact) mass is 313 g/mol. The molecule has 112 valence electrons. The highest BCUT2D eigenvalue weighted by atomic mass is 35.5. The summed E-state index contributed by atoms with van der Waals surface area (Å²) in [5.74, 6) is 0.654. The minimum atomic E-state index is -0.221. The lowest BCUT2D eigenvalue weighted by molar-refractivity contribution is 0.102. The van der Waals surface area contributed by atoms with Crippen LogP contribution in [0.25, 0.3) is 0 Å². The first-order valence-electron chi connectivity index (χ1n) is 7.19. The summed E-state index contributed by atoms with van der Waals surface area (Å²) in [7, 11) is 0. The maximum Gasteiger partial charge on any atom is 0.257 e. The summed E-state index contributed by atoms with van der Waals surface area (Å²) in [4.78, 5) is 16.7. The predicted octanol–water partition coefficient (Wildman–Crippen LogP) is 3.33. The maximum absolute atomic E-state index is 12.3. The fraction of sp³-hybridized carbons (Fsp3) is 0.176. The Hall–Kier alpha value is -2.33. The number of amidine groups is 1. The van der Waals surface area contributed by atoms with Crippen molar-refractivity contribution in [1.82, 2.24) is 5.32 Å². The summed E-state index contributed by atoms with van der Waals surface area (Å²) in [6, 6.07) is 14.6. The third kappa shape index (κ3) is 3.28. The zero-order valence-corrected chi connectivity index (χ0v) is 12.7. The van der Waals surface area contributed by atoms with E-state index in [0.29, 0.717) is 10.6 Å². The first kappa shape index (κ1) is 14.6. The number of rotatable bonds is 3. The van der Waals surface area contributed by atoms with Gasteiger partial charge >= 0.3 is 0 Å². The number of carbonyl (C=O) groups is 1. The van der Waals surface area contributed by atoms with Crippen LogP contribution >= 0.6 is 11.6 Å². The second-order valence-electron chi connectivity index (χ2n) is 5.03. The number of anilines is 1. The van der Waals surface area contributed by atoms with Crippen LogP contribution in [-0.4, -0.2) is 24.8 Å². The average molecular weight is 314 g/mol. The van der Waals surface area contributed by atoms with Gasteiger partial charge in [0.05, 0.1) is 10.6 Å². The van der Waals surface area contributed by atoms with Gasteiger partial charge in [0.1, 0.15) is 5.84 Å². The quantitative estimate of drug-likeness (QED) is 0.913. The van der Waals surface area contributed by atoms with Crippen molar-refractivity contribution in [2.75, 3.05) is 18.4 Å². The third-order valence-corrected chi connectivity index (χ3v) is 3.74. The molecule has 1 aliphatic rings. The largest absolute Gasteiger partial charge is 0.370 e. The standard InChI is InChI=1S/C17H16ClN3O/c18-15-8-2-1-7-14(15)17(22)21-13-6-3-5-12(11-13)16-19-9-4-10-20-16/h1-3,5-8,11H,4,9-10H2,(H,19,20)(H,21,22). The number of hydrogen-bond acceptors (Lipinski definition) is 3. The summed E-state index contributed by atoms with van der Waals surface area (Å²) in [5, 5.41) is 6.58. The Labute approximate surface area is 134 Å². The minimum absolute atomic E-state index is 0.221. The van der Waals surface area contributed by atoms with E-state index in [4.69, 9.17) is 11.6 Å². The van der Waals surface area contributed by atoms with E-state index < -0.39 is 0 Å². The van der Waals surface area contributed by atoms with Crippen LogP contribution in [0, 0.1) is 0 Å². The highest BCUT2D eigenvalue weighted by Crippen LogP contribution is 2.18. The van der Waals surface area contributed by atoms with Crippen LogP contribution in [0.15, 0.2) is 53.5 Å². The highest BCUT2D eigenvalue weighted by Gasteiger charge is 2.11. The number of hydrogen-bond donors (Lipinski definition) is 2. The molecule has 0 aliphatic carbocycles. The zero-order valence-electron chi connectivity index (χ0n) is 12.0. The number of carbonyl (C=O) groups excluding carboxylic acids is 1. The fourth-order valence-electron chi connectivity index (χ4n) is 2.31. The Balaban J connectivity index is 1.80. The van der Waals surface area contributed by atoms with Crippen molar-refractivity contribution in [2.24, 2.45) is 4.99 Å². The molecule has 0 spiro atoms. The van der Waals surface area contributed by atoms with Crippen LogP contribution in [-0.2, 0) is 0 Å². The van der Waals surface area contributed by atoms with Gasteiger partial charge in [-0.1, -0.05) is 35.9 Å². The van der Waals surface area contributed by atoms with E-state index in [1.165, 1.54) is 0 Å². The van der Waals surface area contributed by atoms with Crippen LogP contribution in [0.1, 0.15) is 22.3 Å². The van der Waals surface area contributed by atoms with Gasteiger partial charge in [-0.3, -0.25) is 9.79 Å². The summed E-state index contributed by atoms with van der Waals surface area (Å²) in [6.07, 6.45) is 1.05. The number of nitrogens with zero attached hydrogens (tertiary/aromatic N) is 1. The fourth-order valence-corrected chi connectivity index (χ4v) is 2.54. The van der Waals surface area contributed by atoms with Gasteiger partial charge in [0.2, 0.25) is 0 Å². The van der Waals surface area contributed by atoms with Crippen LogP contribution in [0.3, 0.4) is 0 Å². The maximum atomic E-state index is 12.3. The van der Waals surface area contributed by atoms with Gasteiger partial charge in [0.25, 0.3) is 5.91 Å². The van der Waals surface area contributed by atoms with Crippen molar-refractivity contribution in [2.45, 2.75) is 6.42 Å². The first-order valence-corrected chi connectivity index (χ1v) is 7.56. The van der Waals surface area contributed by atoms with E-state index in [1.807, 2.05) is 24.3 Å². The lowest BCUT2D eigenvalue weighted by Crippen LogP contribution is -2.30. The lowest BCUT2D eigenvalue weighted by Gasteiger charge is -2.15. The molecule has 0 aromatic heterocycles. The van der Waals surface area contributed by atoms with E-state index in [1.54, 1.807) is 24.3 Å². The smallest absolute Gasteiger partial charge is 0.257 e. The van der Waals surface area contributed by atoms with Gasteiger partial charge in [0, 0.05) is 24.3 Å². The summed E-state index contributed by atoms with van der Waals surface area (Å²) >= 11 is 6.05. The Morgan fingerprint density at radius 2 is 2.05 bits per heavy atom. The number of benzene rings is 2. The number of amides is 1. The van der Waals surface area contributed by atoms with Gasteiger partial charge in [-0.05, 0) is 30.7 Å². The average Bonchev–Trinajstić information content (AvgIpc) is 2.56. The first-order chi connectivity index (χ1) is 10.7. The van der Waals surface area contributed by atoms with Crippen LogP contribution in [0.4, 0.5) is 5.69 Å². The Kier molecular flexibility index (Phi) is 4.39. The number of aliphatic imine (C=N–C) groups is 1. The van der Waals surface area contributed by atoms with Crippen molar-refractivity contribution in [3.63, 3.8) is 0 Å². The summed E-state index contributed by atoms with van der Waals surface area (Å²) < 4.78 is 0. The number of nitrogens with one attached hydrogen (secondary N) is 2. The molecule has 2 aromatic rings. The molecule has 1 aliphatic heterocycles. The summed E-state index contributed by atoms with van der Waals surface area (Å²) in [5.41, 5.74) is 2.15. The molecule has 0 saturated heterocycles. The van der Waals surface area contributed by atoms with Crippen molar-refractivity contribution in [3.05, 3.63) is 64.7 Å². The van der Waals surface area contributed by atoms with Gasteiger partial charge in [-0.2, -0.15) is 0 Å². The van der Waals surface area contributed by atoms with E-state index >= 15 is 0 Å². The molecule has 0 unspecified atom stereocenters. The molecule has 0 radical (unpaired) electrons. The molecular formula is C17H16ClN3O. The van der Waals surface area contributed by atoms with Gasteiger partial charge in [-0.25, -0.2) is 0 Å². The molecule has 0 fully saturated rings. The molecule has 3 rings (SSSR count). The third-order valence-electron chi connectivity index (χ3n) is 3.41. The highest BCUT2D eigenvalue weighted by molar-refractivity contribution is 6.34. The van der Waals surface area contributed by atoms with Crippen LogP contribution in [0.5, 0.6) is 0 Å². The normalized spacial score (nSPS) is 14.0. The molecule has 0 atom stereocenters. The second-order valence-corrected chi connectivity index (χ2v) is 5.43. The molecule has 2 aromatic carbocycles. The molecular weight excluding hydrogens is 298 g/mol. The SMILES string of the molecule is O=C(Nc1cccc(C2=NCCCN2)c1)c1ccccc1Cl. The number of halogens is 1. The predicted molar refractivity (Wildman–Crippen MR) is 89.9 cm³/mol. The van der Waals surface area contributed by atoms with E-state index in [0.717, 1.165) is 36.6 Å². The van der Waals surface area contributed by atoms with E-state index in [9.17, 15) is 4.79 Å². The Morgan fingerprint density at radius 3 is 2.82 bits per heavy atom. The van der Waals surface area contributed by atoms with Crippen LogP contribution in [0.2, 0.25) is 5.02 Å². The molecule has 4 nitrogen and oxygen atoms in total. The molecule has 22 heavy (non-hydrogen) atoms. The van der Waals surface area contributed by atoms with E-state index in [-0.39, 0.29) is 5.91 Å². The van der Waals surface area contributed by atoms with E-state index in [2.05, 4.69) is 15.6 Å². The zero-order chi connectivity index (χ0) is 15.4. The molecule has 0 bridgehead atoms. The van der Waals surface area contributed by atoms with Crippen molar-refractivity contribution >= 4 is 29.0 Å². The molecule has 5 heteroatoms. The molecule has 2 N–H and O–H groups in total. The van der Waals surface area contributed by atoms with Gasteiger partial charge < -0.3 is 10.6 Å². The minimum Gasteiger partial charge on any atom is -0.370 e. The second kappa shape index (κ2) is 6.62. The summed E-state index contributed by atoms with van der Waals surface area (Å²) in [6.45, 7) is 1.76. The van der Waals surface area contributed by atoms with Crippen molar-refractivity contribution in [3.8, 4) is 0 Å². The molecule has 1 heterocycles. The van der Waals surface area contributed by atoms with Crippen LogP contribution < -0.4 is 10.6 Å². The Morgan fingerprint density at radius 1 is 1.18 bits per heavy atom. The molecule has 0 saturated carbocycles. The van der Waals surface area contributed by atoms with Gasteiger partial charge in [-0.15, -0.1) is 0 Å². The lowest BCUT2D eigenvalue weighted by atomic mass is 10.1. The Bertz CT molecular complexity index is 727. The molecule has 1 amide bonds. The van der Waals surface area contributed by atoms with Crippen molar-refractivity contribution in [1.29, 1.82) is 0 Å². The van der Waals surface area contributed by atoms with Gasteiger partial charge in [0.15, 0.2) is 0 Å². The topological polar surface area (TPSA) is 53.5 Å².